The zero-order chi connectivity index (χ0) is 23.3. The van der Waals surface area contributed by atoms with Crippen LogP contribution in [0, 0.1) is 5.82 Å². The lowest BCUT2D eigenvalue weighted by Crippen LogP contribution is -2.25. The predicted octanol–water partition coefficient (Wildman–Crippen LogP) is 2.15. The molecule has 1 unspecified atom stereocenters. The van der Waals surface area contributed by atoms with Gasteiger partial charge in [-0.3, -0.25) is 9.46 Å². The minimum atomic E-state index is -3.69. The average Bonchev–Trinajstić information content (AvgIpc) is 3.49. The molecule has 5 rings (SSSR count). The fraction of sp³-hybridized carbons (Fsp3) is 0.389. The van der Waals surface area contributed by atoms with Crippen molar-refractivity contribution in [3.8, 4) is 10.6 Å². The molecule has 12 nitrogen and oxygen atoms in total. The number of tetrazole rings is 1. The first kappa shape index (κ1) is 21.9. The van der Waals surface area contributed by atoms with Crippen LogP contribution in [-0.2, 0) is 34.0 Å². The zero-order valence-electron chi connectivity index (χ0n) is 17.6. The number of ether oxygens (including phenoxy) is 1. The van der Waals surface area contributed by atoms with Crippen molar-refractivity contribution in [1.29, 1.82) is 0 Å². The summed E-state index contributed by atoms with van der Waals surface area (Å²) in [5, 5.41) is 12.6. The molecule has 0 radical (unpaired) electrons. The van der Waals surface area contributed by atoms with E-state index in [0.717, 1.165) is 17.2 Å². The molecule has 1 saturated heterocycles. The van der Waals surface area contributed by atoms with Crippen molar-refractivity contribution in [2.75, 3.05) is 29.6 Å². The van der Waals surface area contributed by atoms with Crippen molar-refractivity contribution in [2.24, 2.45) is 7.05 Å². The van der Waals surface area contributed by atoms with Gasteiger partial charge in [0.25, 0.3) is 5.95 Å². The monoisotopic (exact) mass is 495 g/mol. The smallest absolute Gasteiger partial charge is 0.414 e. The summed E-state index contributed by atoms with van der Waals surface area (Å²) < 4.78 is 36.2. The lowest BCUT2D eigenvalue weighted by molar-refractivity contribution is 0.100. The molecule has 174 valence electrons. The SMILES string of the molecule is Cn1nnc(N2Cc3nc(-c4ccc(N5C[C@H](COP(C)(=O)O)OC5=O)cc4F)sc3C2)n1. The Bertz CT molecular complexity index is 1250. The predicted molar refractivity (Wildman–Crippen MR) is 116 cm³/mol. The Morgan fingerprint density at radius 3 is 2.88 bits per heavy atom. The summed E-state index contributed by atoms with van der Waals surface area (Å²) in [5.41, 5.74) is 1.49. The van der Waals surface area contributed by atoms with Crippen LogP contribution in [0.5, 0.6) is 0 Å². The van der Waals surface area contributed by atoms with E-state index in [1.54, 1.807) is 19.2 Å². The second-order valence-corrected chi connectivity index (χ2v) is 10.7. The van der Waals surface area contributed by atoms with Crippen LogP contribution in [0.2, 0.25) is 0 Å². The zero-order valence-corrected chi connectivity index (χ0v) is 19.3. The van der Waals surface area contributed by atoms with Crippen molar-refractivity contribution < 1.29 is 27.9 Å². The number of carbonyl (C=O) groups is 1. The molecule has 4 heterocycles. The Kier molecular flexibility index (Phi) is 5.40. The Labute approximate surface area is 191 Å². The molecular weight excluding hydrogens is 476 g/mol. The highest BCUT2D eigenvalue weighted by molar-refractivity contribution is 7.51. The van der Waals surface area contributed by atoms with Gasteiger partial charge < -0.3 is 19.1 Å². The molecule has 3 aromatic rings. The molecule has 0 spiro atoms. The van der Waals surface area contributed by atoms with Crippen molar-refractivity contribution in [3.05, 3.63) is 34.6 Å². The maximum Gasteiger partial charge on any atom is 0.414 e. The molecule has 1 N–H and O–H groups in total. The van der Waals surface area contributed by atoms with Gasteiger partial charge in [0.05, 0.1) is 44.7 Å². The van der Waals surface area contributed by atoms with E-state index in [-0.39, 0.29) is 13.2 Å². The molecule has 1 amide bonds. The van der Waals surface area contributed by atoms with Gasteiger partial charge in [-0.05, 0) is 23.4 Å². The number of cyclic esters (lactones) is 1. The molecule has 0 bridgehead atoms. The first-order valence-corrected chi connectivity index (χ1v) is 12.7. The largest absolute Gasteiger partial charge is 0.441 e. The number of benzene rings is 1. The number of thiazole rings is 1. The van der Waals surface area contributed by atoms with E-state index in [9.17, 15) is 18.6 Å². The van der Waals surface area contributed by atoms with E-state index < -0.39 is 25.6 Å². The molecule has 1 aromatic carbocycles. The third kappa shape index (κ3) is 4.47. The van der Waals surface area contributed by atoms with E-state index in [2.05, 4.69) is 20.4 Å². The van der Waals surface area contributed by atoms with Crippen LogP contribution < -0.4 is 9.80 Å². The molecule has 0 aliphatic carbocycles. The third-order valence-corrected chi connectivity index (χ3v) is 6.85. The lowest BCUT2D eigenvalue weighted by atomic mass is 10.2. The highest BCUT2D eigenvalue weighted by Crippen LogP contribution is 2.38. The highest BCUT2D eigenvalue weighted by atomic mass is 32.1. The van der Waals surface area contributed by atoms with Crippen LogP contribution >= 0.6 is 18.9 Å². The number of carbonyl (C=O) groups excluding carboxylic acids is 1. The fourth-order valence-electron chi connectivity index (χ4n) is 3.58. The highest BCUT2D eigenvalue weighted by Gasteiger charge is 2.34. The number of hydrogen-bond acceptors (Lipinski definition) is 10. The van der Waals surface area contributed by atoms with Crippen molar-refractivity contribution in [2.45, 2.75) is 19.2 Å². The second-order valence-electron chi connectivity index (χ2n) is 7.70. The summed E-state index contributed by atoms with van der Waals surface area (Å²) in [6.07, 6.45) is -1.40. The Morgan fingerprint density at radius 2 is 2.21 bits per heavy atom. The van der Waals surface area contributed by atoms with Gasteiger partial charge in [0.1, 0.15) is 16.9 Å². The summed E-state index contributed by atoms with van der Waals surface area (Å²) in [6.45, 7) is 1.99. The Hall–Kier alpha value is -2.93. The van der Waals surface area contributed by atoms with E-state index in [1.165, 1.54) is 27.1 Å². The van der Waals surface area contributed by atoms with Crippen molar-refractivity contribution in [1.82, 2.24) is 25.2 Å². The number of halogens is 1. The maximum atomic E-state index is 15.0. The molecule has 33 heavy (non-hydrogen) atoms. The minimum Gasteiger partial charge on any atom is -0.441 e. The molecule has 2 atom stereocenters. The van der Waals surface area contributed by atoms with E-state index in [0.29, 0.717) is 35.3 Å². The number of fused-ring (bicyclic) bond motifs is 1. The molecule has 15 heteroatoms. The third-order valence-electron chi connectivity index (χ3n) is 5.10. The fourth-order valence-corrected chi connectivity index (χ4v) is 5.14. The number of rotatable bonds is 6. The number of anilines is 2. The van der Waals surface area contributed by atoms with Gasteiger partial charge in [0.2, 0.25) is 0 Å². The molecule has 2 aliphatic rings. The Balaban J connectivity index is 1.29. The molecule has 2 aliphatic heterocycles. The van der Waals surface area contributed by atoms with Crippen LogP contribution in [0.25, 0.3) is 10.6 Å². The van der Waals surface area contributed by atoms with E-state index in [4.69, 9.17) is 9.26 Å². The second kappa shape index (κ2) is 8.13. The summed E-state index contributed by atoms with van der Waals surface area (Å²) in [4.78, 5) is 31.6. The normalized spacial score (nSPS) is 19.6. The van der Waals surface area contributed by atoms with Gasteiger partial charge >= 0.3 is 13.7 Å². The van der Waals surface area contributed by atoms with Crippen LogP contribution in [0.4, 0.5) is 20.8 Å². The molecule has 2 aromatic heterocycles. The quantitative estimate of drug-likeness (QED) is 0.507. The summed E-state index contributed by atoms with van der Waals surface area (Å²) >= 11 is 1.39. The molecule has 1 fully saturated rings. The number of hydrogen-bond donors (Lipinski definition) is 1. The minimum absolute atomic E-state index is 0.0788. The first-order chi connectivity index (χ1) is 15.7. The van der Waals surface area contributed by atoms with Crippen LogP contribution in [0.1, 0.15) is 10.6 Å². The van der Waals surface area contributed by atoms with Crippen molar-refractivity contribution >= 4 is 36.7 Å². The van der Waals surface area contributed by atoms with Gasteiger partial charge in [-0.2, -0.15) is 4.80 Å². The average molecular weight is 495 g/mol. The maximum absolute atomic E-state index is 15.0. The molecule has 0 saturated carbocycles. The number of nitrogens with zero attached hydrogens (tertiary/aromatic N) is 7. The Morgan fingerprint density at radius 1 is 1.39 bits per heavy atom. The van der Waals surface area contributed by atoms with Gasteiger partial charge in [0.15, 0.2) is 0 Å². The summed E-state index contributed by atoms with van der Waals surface area (Å²) in [6, 6.07) is 4.44. The van der Waals surface area contributed by atoms with Crippen molar-refractivity contribution in [3.63, 3.8) is 0 Å². The van der Waals surface area contributed by atoms with Gasteiger partial charge in [-0.1, -0.05) is 5.10 Å². The lowest BCUT2D eigenvalue weighted by Gasteiger charge is -2.14. The summed E-state index contributed by atoms with van der Waals surface area (Å²) in [5.74, 6) is -0.00461. The number of amides is 1. The van der Waals surface area contributed by atoms with Crippen LogP contribution in [-0.4, -0.2) is 62.1 Å². The standard InChI is InChI=1S/C18H19FN7O5PS/c1-24-22-17(21-23-24)25-7-14-15(8-25)33-16(20-14)12-4-3-10(5-13(12)19)26-6-11(31-18(26)27)9-30-32(2,28)29/h3-5,11H,6-9H2,1-2H3,(H,28,29)/t11-/m1/s1. The van der Waals surface area contributed by atoms with Gasteiger partial charge in [-0.25, -0.2) is 14.2 Å². The van der Waals surface area contributed by atoms with E-state index in [1.807, 2.05) is 4.90 Å². The topological polar surface area (TPSA) is 136 Å². The molecular formula is C18H19FN7O5PS. The first-order valence-electron chi connectivity index (χ1n) is 9.86. The van der Waals surface area contributed by atoms with E-state index >= 15 is 0 Å². The van der Waals surface area contributed by atoms with Gasteiger partial charge in [0, 0.05) is 17.1 Å². The van der Waals surface area contributed by atoms with Gasteiger partial charge in [-0.15, -0.1) is 16.4 Å². The van der Waals surface area contributed by atoms with Crippen LogP contribution in [0.3, 0.4) is 0 Å². The van der Waals surface area contributed by atoms with Crippen LogP contribution in [0.15, 0.2) is 18.2 Å². The number of aryl methyl sites for hydroxylation is 1. The number of aromatic nitrogens is 5. The summed E-state index contributed by atoms with van der Waals surface area (Å²) in [7, 11) is -1.99.